The first-order valence-corrected chi connectivity index (χ1v) is 8.39. The first kappa shape index (κ1) is 16.1. The lowest BCUT2D eigenvalue weighted by atomic mass is 10.1. The van der Waals surface area contributed by atoms with Gasteiger partial charge in [-0.25, -0.2) is 13.2 Å². The number of nitrogens with two attached hydrogens (primary N) is 1. The molecule has 2 rings (SSSR count). The minimum atomic E-state index is -3.17. The Morgan fingerprint density at radius 1 is 1.36 bits per heavy atom. The largest absolute Gasteiger partial charge is 0.507 e. The Morgan fingerprint density at radius 3 is 2.55 bits per heavy atom. The van der Waals surface area contributed by atoms with Crippen LogP contribution in [-0.2, 0) is 14.6 Å². The van der Waals surface area contributed by atoms with E-state index in [0.29, 0.717) is 11.3 Å². The van der Waals surface area contributed by atoms with Crippen LogP contribution >= 0.6 is 0 Å². The molecule has 1 aliphatic heterocycles. The van der Waals surface area contributed by atoms with Gasteiger partial charge in [-0.2, -0.15) is 0 Å². The zero-order valence-corrected chi connectivity index (χ0v) is 12.5. The molecule has 0 amide bonds. The standard InChI is InChI=1S/C13H17N3O5S/c14-11(15)9-2-1-3-10(8-9)16-13(21-12(17)18)4-6-22(19,20)7-5-13/h1-3,8,16H,4-7H2,(H3,14,15)(H,17,18). The van der Waals surface area contributed by atoms with Gasteiger partial charge in [0.2, 0.25) is 0 Å². The Hall–Kier alpha value is -2.29. The molecule has 9 heteroatoms. The van der Waals surface area contributed by atoms with Crippen LogP contribution in [0.1, 0.15) is 18.4 Å². The summed E-state index contributed by atoms with van der Waals surface area (Å²) in [4.78, 5) is 10.9. The number of carboxylic acid groups (broad SMARTS) is 1. The van der Waals surface area contributed by atoms with E-state index >= 15 is 0 Å². The molecular weight excluding hydrogens is 310 g/mol. The van der Waals surface area contributed by atoms with Gasteiger partial charge in [0.25, 0.3) is 0 Å². The van der Waals surface area contributed by atoms with Gasteiger partial charge in [-0.1, -0.05) is 12.1 Å². The number of anilines is 1. The molecular formula is C13H17N3O5S. The molecule has 1 fully saturated rings. The van der Waals surface area contributed by atoms with Crippen LogP contribution in [-0.4, -0.2) is 42.7 Å². The fraction of sp³-hybridized carbons (Fsp3) is 0.385. The van der Waals surface area contributed by atoms with E-state index in [4.69, 9.17) is 21.0 Å². The Labute approximate surface area is 127 Å². The maximum atomic E-state index is 11.5. The maximum Gasteiger partial charge on any atom is 0.507 e. The fourth-order valence-electron chi connectivity index (χ4n) is 2.32. The molecule has 0 atom stereocenters. The van der Waals surface area contributed by atoms with Crippen molar-refractivity contribution in [3.05, 3.63) is 29.8 Å². The fourth-order valence-corrected chi connectivity index (χ4v) is 3.80. The average Bonchev–Trinajstić information content (AvgIpc) is 2.42. The molecule has 0 bridgehead atoms. The minimum Gasteiger partial charge on any atom is -0.450 e. The topological polar surface area (TPSA) is 143 Å². The second-order valence-electron chi connectivity index (χ2n) is 5.13. The number of ether oxygens (including phenoxy) is 1. The molecule has 0 aromatic heterocycles. The summed E-state index contributed by atoms with van der Waals surface area (Å²) < 4.78 is 28.0. The van der Waals surface area contributed by atoms with Crippen LogP contribution in [0.25, 0.3) is 0 Å². The second-order valence-corrected chi connectivity index (χ2v) is 7.44. The Balaban J connectivity index is 2.26. The van der Waals surface area contributed by atoms with Crippen molar-refractivity contribution in [2.45, 2.75) is 18.6 Å². The number of hydrogen-bond acceptors (Lipinski definition) is 6. The van der Waals surface area contributed by atoms with E-state index in [1.807, 2.05) is 0 Å². The van der Waals surface area contributed by atoms with Gasteiger partial charge >= 0.3 is 6.16 Å². The molecule has 0 aliphatic carbocycles. The third kappa shape index (κ3) is 3.88. The average molecular weight is 327 g/mol. The number of rotatable bonds is 4. The summed E-state index contributed by atoms with van der Waals surface area (Å²) in [7, 11) is -3.17. The van der Waals surface area contributed by atoms with Crippen molar-refractivity contribution in [1.29, 1.82) is 5.41 Å². The molecule has 0 radical (unpaired) electrons. The van der Waals surface area contributed by atoms with Gasteiger partial charge in [0.1, 0.15) is 5.84 Å². The minimum absolute atomic E-state index is 0.0198. The summed E-state index contributed by atoms with van der Waals surface area (Å²) in [5.74, 6) is -0.428. The summed E-state index contributed by atoms with van der Waals surface area (Å²) in [6.07, 6.45) is -1.44. The van der Waals surface area contributed by atoms with E-state index in [1.54, 1.807) is 24.3 Å². The molecule has 1 saturated heterocycles. The Bertz CT molecular complexity index is 687. The van der Waals surface area contributed by atoms with Gasteiger partial charge in [-0.15, -0.1) is 0 Å². The lowest BCUT2D eigenvalue weighted by molar-refractivity contribution is -0.00718. The number of nitrogen functional groups attached to an aromatic ring is 1. The van der Waals surface area contributed by atoms with Gasteiger partial charge in [0.15, 0.2) is 15.6 Å². The first-order chi connectivity index (χ1) is 10.2. The number of benzene rings is 1. The summed E-state index contributed by atoms with van der Waals surface area (Å²) in [5.41, 5.74) is 5.10. The number of carbonyl (C=O) groups is 1. The van der Waals surface area contributed by atoms with Gasteiger partial charge in [0.05, 0.1) is 11.5 Å². The lowest BCUT2D eigenvalue weighted by Gasteiger charge is -2.36. The Morgan fingerprint density at radius 2 is 2.00 bits per heavy atom. The van der Waals surface area contributed by atoms with E-state index in [2.05, 4.69) is 5.32 Å². The number of amidine groups is 1. The highest BCUT2D eigenvalue weighted by molar-refractivity contribution is 7.91. The number of sulfone groups is 1. The number of hydrogen-bond donors (Lipinski definition) is 4. The van der Waals surface area contributed by atoms with Gasteiger partial charge < -0.3 is 20.9 Å². The summed E-state index contributed by atoms with van der Waals surface area (Å²) in [5, 5.41) is 19.3. The first-order valence-electron chi connectivity index (χ1n) is 6.56. The third-order valence-corrected chi connectivity index (χ3v) is 5.11. The summed E-state index contributed by atoms with van der Waals surface area (Å²) in [6, 6.07) is 6.55. The molecule has 8 nitrogen and oxygen atoms in total. The molecule has 5 N–H and O–H groups in total. The molecule has 22 heavy (non-hydrogen) atoms. The van der Waals surface area contributed by atoms with Crippen molar-refractivity contribution in [3.8, 4) is 0 Å². The second kappa shape index (κ2) is 5.84. The SMILES string of the molecule is N=C(N)c1cccc(NC2(OC(=O)O)CCS(=O)(=O)CC2)c1. The maximum absolute atomic E-state index is 11.5. The highest BCUT2D eigenvalue weighted by Crippen LogP contribution is 2.30. The normalized spacial score (nSPS) is 19.1. The molecule has 1 aromatic carbocycles. The van der Waals surface area contributed by atoms with Crippen LogP contribution in [0.15, 0.2) is 24.3 Å². The molecule has 1 heterocycles. The zero-order valence-electron chi connectivity index (χ0n) is 11.7. The molecule has 0 spiro atoms. The van der Waals surface area contributed by atoms with Crippen LogP contribution in [0.4, 0.5) is 10.5 Å². The van der Waals surface area contributed by atoms with E-state index in [1.165, 1.54) is 0 Å². The van der Waals surface area contributed by atoms with Crippen molar-refractivity contribution in [2.24, 2.45) is 5.73 Å². The molecule has 1 aromatic rings. The highest BCUT2D eigenvalue weighted by atomic mass is 32.2. The van der Waals surface area contributed by atoms with Gasteiger partial charge in [-0.05, 0) is 12.1 Å². The monoisotopic (exact) mass is 327 g/mol. The van der Waals surface area contributed by atoms with E-state index < -0.39 is 21.7 Å². The highest BCUT2D eigenvalue weighted by Gasteiger charge is 2.41. The quantitative estimate of drug-likeness (QED) is 0.279. The lowest BCUT2D eigenvalue weighted by Crippen LogP contribution is -2.49. The zero-order chi connectivity index (χ0) is 16.4. The summed E-state index contributed by atoms with van der Waals surface area (Å²) in [6.45, 7) is 0. The molecule has 0 unspecified atom stereocenters. The Kier molecular flexibility index (Phi) is 4.27. The third-order valence-electron chi connectivity index (χ3n) is 3.46. The predicted molar refractivity (Wildman–Crippen MR) is 80.8 cm³/mol. The van der Waals surface area contributed by atoms with Crippen molar-refractivity contribution >= 4 is 27.5 Å². The van der Waals surface area contributed by atoms with Crippen LogP contribution in [0, 0.1) is 5.41 Å². The predicted octanol–water partition coefficient (Wildman–Crippen LogP) is 0.982. The van der Waals surface area contributed by atoms with E-state index in [0.717, 1.165) is 0 Å². The molecule has 0 saturated carbocycles. The summed E-state index contributed by atoms with van der Waals surface area (Å²) >= 11 is 0. The van der Waals surface area contributed by atoms with Crippen LogP contribution in [0.3, 0.4) is 0 Å². The van der Waals surface area contributed by atoms with E-state index in [-0.39, 0.29) is 30.2 Å². The number of nitrogens with one attached hydrogen (secondary N) is 2. The van der Waals surface area contributed by atoms with Crippen molar-refractivity contribution in [3.63, 3.8) is 0 Å². The van der Waals surface area contributed by atoms with Crippen LogP contribution in [0.2, 0.25) is 0 Å². The van der Waals surface area contributed by atoms with Gasteiger partial charge in [-0.3, -0.25) is 5.41 Å². The smallest absolute Gasteiger partial charge is 0.450 e. The van der Waals surface area contributed by atoms with Crippen molar-refractivity contribution in [1.82, 2.24) is 0 Å². The van der Waals surface area contributed by atoms with Gasteiger partial charge in [0, 0.05) is 24.1 Å². The van der Waals surface area contributed by atoms with Crippen molar-refractivity contribution in [2.75, 3.05) is 16.8 Å². The van der Waals surface area contributed by atoms with Crippen LogP contribution < -0.4 is 11.1 Å². The molecule has 1 aliphatic rings. The van der Waals surface area contributed by atoms with Crippen molar-refractivity contribution < 1.29 is 23.1 Å². The van der Waals surface area contributed by atoms with E-state index in [9.17, 15) is 13.2 Å². The molecule has 120 valence electrons. The van der Waals surface area contributed by atoms with Crippen LogP contribution in [0.5, 0.6) is 0 Å².